The molecule has 6 nitrogen and oxygen atoms in total. The first-order chi connectivity index (χ1) is 11.6. The Morgan fingerprint density at radius 2 is 2.12 bits per heavy atom. The van der Waals surface area contributed by atoms with Crippen LogP contribution in [0.2, 0.25) is 0 Å². The summed E-state index contributed by atoms with van der Waals surface area (Å²) < 4.78 is 5.67. The summed E-state index contributed by atoms with van der Waals surface area (Å²) >= 11 is 0. The van der Waals surface area contributed by atoms with E-state index in [9.17, 15) is 5.11 Å². The van der Waals surface area contributed by atoms with Crippen LogP contribution in [0.3, 0.4) is 0 Å². The second kappa shape index (κ2) is 11.7. The predicted octanol–water partition coefficient (Wildman–Crippen LogP) is 2.67. The molecule has 1 fully saturated rings. The van der Waals surface area contributed by atoms with Gasteiger partial charge in [-0.25, -0.2) is 0 Å². The Hall–Kier alpha value is -0.800. The summed E-state index contributed by atoms with van der Waals surface area (Å²) in [7, 11) is 0. The van der Waals surface area contributed by atoms with Crippen molar-refractivity contribution in [2.75, 3.05) is 32.7 Å². The summed E-state index contributed by atoms with van der Waals surface area (Å²) in [6, 6.07) is 4.06. The highest BCUT2D eigenvalue weighted by Gasteiger charge is 2.16. The molecule has 1 aliphatic rings. The maximum absolute atomic E-state index is 9.54. The molecule has 144 valence electrons. The zero-order chi connectivity index (χ0) is 17.4. The first-order valence-electron chi connectivity index (χ1n) is 9.10. The van der Waals surface area contributed by atoms with Gasteiger partial charge in [-0.1, -0.05) is 0 Å². The molecule has 1 aromatic rings. The van der Waals surface area contributed by atoms with Crippen LogP contribution < -0.4 is 10.6 Å². The number of furan rings is 1. The second-order valence-electron chi connectivity index (χ2n) is 6.50. The van der Waals surface area contributed by atoms with Gasteiger partial charge in [0.15, 0.2) is 5.96 Å². The largest absolute Gasteiger partial charge is 0.464 e. The van der Waals surface area contributed by atoms with Crippen LogP contribution in [-0.2, 0) is 0 Å². The lowest BCUT2D eigenvalue weighted by Gasteiger charge is -2.29. The topological polar surface area (TPSA) is 73.0 Å². The van der Waals surface area contributed by atoms with E-state index in [4.69, 9.17) is 4.42 Å². The number of guanidine groups is 1. The Balaban J connectivity index is 0.00000312. The summed E-state index contributed by atoms with van der Waals surface area (Å²) in [5.74, 6) is 2.67. The molecule has 3 N–H and O–H groups in total. The van der Waals surface area contributed by atoms with Crippen LogP contribution in [0.15, 0.2) is 21.5 Å². The Kier molecular flexibility index (Phi) is 10.4. The van der Waals surface area contributed by atoms with Gasteiger partial charge in [0.05, 0.1) is 12.1 Å². The fraction of sp³-hybridized carbons (Fsp3) is 0.722. The second-order valence-corrected chi connectivity index (χ2v) is 6.50. The normalized spacial score (nSPS) is 17.8. The third-order valence-corrected chi connectivity index (χ3v) is 4.34. The number of likely N-dealkylation sites (tertiary alicyclic amines) is 1. The van der Waals surface area contributed by atoms with Crippen molar-refractivity contribution in [3.05, 3.63) is 23.7 Å². The minimum Gasteiger partial charge on any atom is -0.464 e. The zero-order valence-corrected chi connectivity index (χ0v) is 18.0. The summed E-state index contributed by atoms with van der Waals surface area (Å²) in [4.78, 5) is 7.08. The van der Waals surface area contributed by atoms with Gasteiger partial charge in [0.1, 0.15) is 11.5 Å². The number of aliphatic imine (C=N–C) groups is 1. The molecule has 1 aliphatic heterocycles. The molecular weight excluding hydrogens is 431 g/mol. The van der Waals surface area contributed by atoms with Gasteiger partial charge in [-0.3, -0.25) is 4.99 Å². The molecule has 1 unspecified atom stereocenters. The quantitative estimate of drug-likeness (QED) is 0.251. The number of nitrogens with one attached hydrogen (secondary N) is 2. The number of rotatable bonds is 7. The summed E-state index contributed by atoms with van der Waals surface area (Å²) in [5.41, 5.74) is 0. The highest BCUT2D eigenvalue weighted by atomic mass is 127. The highest BCUT2D eigenvalue weighted by molar-refractivity contribution is 14.0. The van der Waals surface area contributed by atoms with Crippen molar-refractivity contribution in [2.24, 2.45) is 4.99 Å². The maximum Gasteiger partial charge on any atom is 0.191 e. The van der Waals surface area contributed by atoms with Crippen LogP contribution in [-0.4, -0.2) is 54.8 Å². The lowest BCUT2D eigenvalue weighted by molar-refractivity contribution is 0.0824. The molecular formula is C18H33IN4O2. The molecule has 0 radical (unpaired) electrons. The van der Waals surface area contributed by atoms with Crippen molar-refractivity contribution >= 4 is 29.9 Å². The monoisotopic (exact) mass is 464 g/mol. The molecule has 0 amide bonds. The van der Waals surface area contributed by atoms with Crippen molar-refractivity contribution in [2.45, 2.75) is 52.2 Å². The Morgan fingerprint density at radius 1 is 1.40 bits per heavy atom. The van der Waals surface area contributed by atoms with Crippen LogP contribution in [0.4, 0.5) is 0 Å². The van der Waals surface area contributed by atoms with E-state index in [1.807, 2.05) is 19.1 Å². The Morgan fingerprint density at radius 3 is 2.72 bits per heavy atom. The van der Waals surface area contributed by atoms with Gasteiger partial charge in [0, 0.05) is 26.2 Å². The SMILES string of the molecule is CCNC(=NCCCN1CCC(O)CC1)NC(C)c1ccc(C)o1.I. The third-order valence-electron chi connectivity index (χ3n) is 4.34. The molecule has 0 spiro atoms. The number of nitrogens with zero attached hydrogens (tertiary/aromatic N) is 2. The summed E-state index contributed by atoms with van der Waals surface area (Å²) in [5, 5.41) is 16.2. The first kappa shape index (κ1) is 22.2. The summed E-state index contributed by atoms with van der Waals surface area (Å²) in [6.45, 7) is 10.8. The minimum atomic E-state index is -0.101. The average Bonchev–Trinajstić information content (AvgIpc) is 3.00. The maximum atomic E-state index is 9.54. The van der Waals surface area contributed by atoms with E-state index in [0.717, 1.165) is 69.5 Å². The molecule has 1 atom stereocenters. The fourth-order valence-corrected chi connectivity index (χ4v) is 2.91. The molecule has 2 heterocycles. The van der Waals surface area contributed by atoms with Crippen molar-refractivity contribution in [3.63, 3.8) is 0 Å². The van der Waals surface area contributed by atoms with Gasteiger partial charge < -0.3 is 25.1 Å². The Labute approximate surface area is 168 Å². The minimum absolute atomic E-state index is 0. The van der Waals surface area contributed by atoms with E-state index in [0.29, 0.717) is 0 Å². The van der Waals surface area contributed by atoms with Gasteiger partial charge >= 0.3 is 0 Å². The number of piperidine rings is 1. The summed E-state index contributed by atoms with van der Waals surface area (Å²) in [6.07, 6.45) is 2.72. The van der Waals surface area contributed by atoms with Gasteiger partial charge in [0.25, 0.3) is 0 Å². The number of hydrogen-bond acceptors (Lipinski definition) is 4. The lowest BCUT2D eigenvalue weighted by Crippen LogP contribution is -2.39. The number of aryl methyl sites for hydroxylation is 1. The lowest BCUT2D eigenvalue weighted by atomic mass is 10.1. The Bertz CT molecular complexity index is 513. The molecule has 1 aromatic heterocycles. The number of aliphatic hydroxyl groups is 1. The van der Waals surface area contributed by atoms with Crippen LogP contribution in [0.25, 0.3) is 0 Å². The molecule has 0 bridgehead atoms. The van der Waals surface area contributed by atoms with Gasteiger partial charge in [-0.05, 0) is 58.7 Å². The zero-order valence-electron chi connectivity index (χ0n) is 15.6. The van der Waals surface area contributed by atoms with Crippen LogP contribution in [0.5, 0.6) is 0 Å². The molecule has 7 heteroatoms. The van der Waals surface area contributed by atoms with E-state index in [2.05, 4.69) is 34.4 Å². The number of aliphatic hydroxyl groups excluding tert-OH is 1. The number of halogens is 1. The third kappa shape index (κ3) is 7.96. The standard InChI is InChI=1S/C18H32N4O2.HI/c1-4-19-18(21-15(3)17-7-6-14(2)24-17)20-10-5-11-22-12-8-16(23)9-13-22;/h6-7,15-16,23H,4-5,8-13H2,1-3H3,(H2,19,20,21);1H. The molecule has 2 rings (SSSR count). The highest BCUT2D eigenvalue weighted by Crippen LogP contribution is 2.15. The van der Waals surface area contributed by atoms with E-state index in [-0.39, 0.29) is 36.1 Å². The van der Waals surface area contributed by atoms with E-state index in [1.165, 1.54) is 0 Å². The van der Waals surface area contributed by atoms with Crippen molar-refractivity contribution in [1.29, 1.82) is 0 Å². The van der Waals surface area contributed by atoms with Gasteiger partial charge in [0.2, 0.25) is 0 Å². The molecule has 25 heavy (non-hydrogen) atoms. The van der Waals surface area contributed by atoms with Gasteiger partial charge in [-0.2, -0.15) is 0 Å². The predicted molar refractivity (Wildman–Crippen MR) is 113 cm³/mol. The van der Waals surface area contributed by atoms with Crippen molar-refractivity contribution < 1.29 is 9.52 Å². The molecule has 1 saturated heterocycles. The first-order valence-corrected chi connectivity index (χ1v) is 9.10. The smallest absolute Gasteiger partial charge is 0.191 e. The van der Waals surface area contributed by atoms with E-state index < -0.39 is 0 Å². The average molecular weight is 464 g/mol. The van der Waals surface area contributed by atoms with Gasteiger partial charge in [-0.15, -0.1) is 24.0 Å². The van der Waals surface area contributed by atoms with E-state index in [1.54, 1.807) is 0 Å². The molecule has 0 saturated carbocycles. The van der Waals surface area contributed by atoms with Crippen molar-refractivity contribution in [1.82, 2.24) is 15.5 Å². The van der Waals surface area contributed by atoms with Crippen molar-refractivity contribution in [3.8, 4) is 0 Å². The number of hydrogen-bond donors (Lipinski definition) is 3. The molecule has 0 aliphatic carbocycles. The molecule has 0 aromatic carbocycles. The fourth-order valence-electron chi connectivity index (χ4n) is 2.91. The van der Waals surface area contributed by atoms with Crippen LogP contribution >= 0.6 is 24.0 Å². The van der Waals surface area contributed by atoms with Crippen LogP contribution in [0.1, 0.15) is 50.7 Å². The van der Waals surface area contributed by atoms with Crippen LogP contribution in [0, 0.1) is 6.92 Å². The van der Waals surface area contributed by atoms with E-state index >= 15 is 0 Å².